The van der Waals surface area contributed by atoms with Crippen LogP contribution in [0.1, 0.15) is 27.7 Å². The summed E-state index contributed by atoms with van der Waals surface area (Å²) in [5, 5.41) is 11.6. The molecular formula is C17H21Cl2N3O3. The Morgan fingerprint density at radius 3 is 2.48 bits per heavy atom. The van der Waals surface area contributed by atoms with Crippen LogP contribution >= 0.6 is 23.2 Å². The van der Waals surface area contributed by atoms with Crippen LogP contribution in [0.15, 0.2) is 18.2 Å². The molecule has 1 aromatic carbocycles. The molecule has 1 N–H and O–H groups in total. The minimum atomic E-state index is -0.860. The van der Waals surface area contributed by atoms with Gasteiger partial charge in [-0.15, -0.1) is 0 Å². The van der Waals surface area contributed by atoms with E-state index in [4.69, 9.17) is 33.2 Å². The fraction of sp³-hybridized carbons (Fsp3) is 0.471. The number of nitrogens with one attached hydrogen (secondary N) is 1. The van der Waals surface area contributed by atoms with Gasteiger partial charge in [0.25, 0.3) is 5.91 Å². The molecule has 0 aliphatic heterocycles. The van der Waals surface area contributed by atoms with Crippen LogP contribution in [0.25, 0.3) is 0 Å². The number of carbonyl (C=O) groups excluding carboxylic acids is 2. The van der Waals surface area contributed by atoms with Crippen molar-refractivity contribution in [3.8, 4) is 6.07 Å². The van der Waals surface area contributed by atoms with Gasteiger partial charge >= 0.3 is 0 Å². The predicted molar refractivity (Wildman–Crippen MR) is 97.7 cm³/mol. The highest BCUT2D eigenvalue weighted by Gasteiger charge is 2.28. The van der Waals surface area contributed by atoms with E-state index >= 15 is 0 Å². The van der Waals surface area contributed by atoms with Crippen molar-refractivity contribution in [2.75, 3.05) is 18.1 Å². The average Bonchev–Trinajstić information content (AvgIpc) is 2.53. The van der Waals surface area contributed by atoms with Gasteiger partial charge in [0.1, 0.15) is 19.2 Å². The molecule has 25 heavy (non-hydrogen) atoms. The molecule has 136 valence electrons. The minimum Gasteiger partial charge on any atom is -0.366 e. The Balaban J connectivity index is 3.12. The predicted octanol–water partition coefficient (Wildman–Crippen LogP) is 3.17. The summed E-state index contributed by atoms with van der Waals surface area (Å²) >= 11 is 12.0. The van der Waals surface area contributed by atoms with Crippen LogP contribution in [0.5, 0.6) is 0 Å². The first-order valence-electron chi connectivity index (χ1n) is 7.62. The maximum atomic E-state index is 12.7. The number of carbonyl (C=O) groups is 2. The van der Waals surface area contributed by atoms with Crippen molar-refractivity contribution >= 4 is 40.7 Å². The number of rotatable bonds is 6. The number of anilines is 1. The summed E-state index contributed by atoms with van der Waals surface area (Å²) in [5.41, 5.74) is -0.0952. The lowest BCUT2D eigenvalue weighted by Crippen LogP contribution is -2.50. The third-order valence-corrected chi connectivity index (χ3v) is 3.93. The second kappa shape index (κ2) is 9.04. The molecule has 1 unspecified atom stereocenters. The Hall–Kier alpha value is -1.81. The highest BCUT2D eigenvalue weighted by molar-refractivity contribution is 6.42. The van der Waals surface area contributed by atoms with E-state index in [0.29, 0.717) is 10.7 Å². The SMILES string of the molecule is CC(C(=O)NCC#N)N(C(=O)COC(C)(C)C)c1ccc(Cl)c(Cl)c1. The number of nitriles is 1. The van der Waals surface area contributed by atoms with Crippen LogP contribution < -0.4 is 10.2 Å². The van der Waals surface area contributed by atoms with Gasteiger partial charge in [-0.05, 0) is 45.9 Å². The smallest absolute Gasteiger partial charge is 0.253 e. The summed E-state index contributed by atoms with van der Waals surface area (Å²) in [6.45, 7) is 6.68. The van der Waals surface area contributed by atoms with E-state index in [1.807, 2.05) is 26.8 Å². The van der Waals surface area contributed by atoms with Gasteiger partial charge in [0.15, 0.2) is 0 Å². The Kier molecular flexibility index (Phi) is 7.68. The minimum absolute atomic E-state index is 0.148. The van der Waals surface area contributed by atoms with Gasteiger partial charge < -0.3 is 10.1 Å². The molecule has 1 rings (SSSR count). The molecule has 0 fully saturated rings. The Morgan fingerprint density at radius 1 is 1.32 bits per heavy atom. The van der Waals surface area contributed by atoms with Crippen molar-refractivity contribution in [1.82, 2.24) is 5.32 Å². The molecule has 0 aromatic heterocycles. The second-order valence-electron chi connectivity index (χ2n) is 6.32. The van der Waals surface area contributed by atoms with Crippen LogP contribution in [0.2, 0.25) is 10.0 Å². The number of hydrogen-bond acceptors (Lipinski definition) is 4. The number of amides is 2. The third-order valence-electron chi connectivity index (χ3n) is 3.19. The van der Waals surface area contributed by atoms with Gasteiger partial charge in [-0.1, -0.05) is 23.2 Å². The van der Waals surface area contributed by atoms with Gasteiger partial charge in [-0.25, -0.2) is 0 Å². The summed E-state index contributed by atoms with van der Waals surface area (Å²) in [6.07, 6.45) is 0. The molecular weight excluding hydrogens is 365 g/mol. The molecule has 0 saturated carbocycles. The number of nitrogens with zero attached hydrogens (tertiary/aromatic N) is 2. The monoisotopic (exact) mass is 385 g/mol. The van der Waals surface area contributed by atoms with Gasteiger partial charge in [0, 0.05) is 5.69 Å². The van der Waals surface area contributed by atoms with E-state index in [9.17, 15) is 9.59 Å². The Labute approximate surface area is 157 Å². The number of ether oxygens (including phenoxy) is 1. The van der Waals surface area contributed by atoms with Crippen LogP contribution in [0.3, 0.4) is 0 Å². The fourth-order valence-electron chi connectivity index (χ4n) is 1.96. The van der Waals surface area contributed by atoms with Crippen molar-refractivity contribution in [2.24, 2.45) is 0 Å². The van der Waals surface area contributed by atoms with E-state index in [0.717, 1.165) is 0 Å². The van der Waals surface area contributed by atoms with E-state index in [1.165, 1.54) is 11.0 Å². The number of halogens is 2. The summed E-state index contributed by atoms with van der Waals surface area (Å²) < 4.78 is 5.52. The fourth-order valence-corrected chi connectivity index (χ4v) is 2.25. The summed E-state index contributed by atoms with van der Waals surface area (Å²) in [7, 11) is 0. The van der Waals surface area contributed by atoms with E-state index in [-0.39, 0.29) is 18.2 Å². The first-order chi connectivity index (χ1) is 11.6. The molecule has 8 heteroatoms. The quantitative estimate of drug-likeness (QED) is 0.762. The van der Waals surface area contributed by atoms with Gasteiger partial charge in [-0.2, -0.15) is 5.26 Å². The lowest BCUT2D eigenvalue weighted by atomic mass is 10.2. The van der Waals surface area contributed by atoms with Crippen LogP contribution in [0, 0.1) is 11.3 Å². The largest absolute Gasteiger partial charge is 0.366 e. The summed E-state index contributed by atoms with van der Waals surface area (Å²) in [6, 6.07) is 5.61. The maximum absolute atomic E-state index is 12.7. The highest BCUT2D eigenvalue weighted by Crippen LogP contribution is 2.28. The molecule has 1 aromatic rings. The van der Waals surface area contributed by atoms with Crippen LogP contribution in [0.4, 0.5) is 5.69 Å². The van der Waals surface area contributed by atoms with Crippen molar-refractivity contribution in [3.05, 3.63) is 28.2 Å². The molecule has 0 heterocycles. The number of benzene rings is 1. The topological polar surface area (TPSA) is 82.4 Å². The molecule has 1 atom stereocenters. The normalized spacial score (nSPS) is 12.2. The molecule has 2 amide bonds. The lowest BCUT2D eigenvalue weighted by Gasteiger charge is -2.30. The third kappa shape index (κ3) is 6.54. The standard InChI is InChI=1S/C17H21Cl2N3O3/c1-11(16(24)21-8-7-20)22(15(23)10-25-17(2,3)4)12-5-6-13(18)14(19)9-12/h5-6,9,11H,8,10H2,1-4H3,(H,21,24). The zero-order valence-electron chi connectivity index (χ0n) is 14.6. The van der Waals surface area contributed by atoms with Crippen molar-refractivity contribution in [2.45, 2.75) is 39.3 Å². The summed E-state index contributed by atoms with van der Waals surface area (Å²) in [5.74, 6) is -0.871. The second-order valence-corrected chi connectivity index (χ2v) is 7.13. The van der Waals surface area contributed by atoms with Gasteiger partial charge in [-0.3, -0.25) is 14.5 Å². The first kappa shape index (κ1) is 21.2. The van der Waals surface area contributed by atoms with Crippen LogP contribution in [-0.4, -0.2) is 36.6 Å². The Bertz CT molecular complexity index is 681. The van der Waals surface area contributed by atoms with Gasteiger partial charge in [0.05, 0.1) is 21.7 Å². The molecule has 0 saturated heterocycles. The first-order valence-corrected chi connectivity index (χ1v) is 8.38. The molecule has 6 nitrogen and oxygen atoms in total. The molecule has 0 aliphatic carbocycles. The maximum Gasteiger partial charge on any atom is 0.253 e. The Morgan fingerprint density at radius 2 is 1.96 bits per heavy atom. The van der Waals surface area contributed by atoms with E-state index in [2.05, 4.69) is 5.32 Å². The average molecular weight is 386 g/mol. The zero-order chi connectivity index (χ0) is 19.2. The molecule has 0 radical (unpaired) electrons. The zero-order valence-corrected chi connectivity index (χ0v) is 16.1. The lowest BCUT2D eigenvalue weighted by molar-refractivity contribution is -0.131. The molecule has 0 spiro atoms. The molecule has 0 bridgehead atoms. The van der Waals surface area contributed by atoms with E-state index in [1.54, 1.807) is 19.1 Å². The van der Waals surface area contributed by atoms with Crippen molar-refractivity contribution in [3.63, 3.8) is 0 Å². The summed E-state index contributed by atoms with van der Waals surface area (Å²) in [4.78, 5) is 26.2. The highest BCUT2D eigenvalue weighted by atomic mass is 35.5. The number of hydrogen-bond donors (Lipinski definition) is 1. The van der Waals surface area contributed by atoms with E-state index < -0.39 is 23.5 Å². The molecule has 0 aliphatic rings. The van der Waals surface area contributed by atoms with Gasteiger partial charge in [0.2, 0.25) is 5.91 Å². The van der Waals surface area contributed by atoms with Crippen molar-refractivity contribution in [1.29, 1.82) is 5.26 Å². The van der Waals surface area contributed by atoms with Crippen molar-refractivity contribution < 1.29 is 14.3 Å². The van der Waals surface area contributed by atoms with Crippen LogP contribution in [-0.2, 0) is 14.3 Å².